The lowest BCUT2D eigenvalue weighted by Gasteiger charge is -2.17. The molecule has 4 aromatic heterocycles. The molecule has 0 aliphatic heterocycles. The lowest BCUT2D eigenvalue weighted by molar-refractivity contribution is -0.137. The predicted molar refractivity (Wildman–Crippen MR) is 98.8 cm³/mol. The molecule has 0 saturated heterocycles. The number of esters is 1. The molecule has 0 radical (unpaired) electrons. The minimum atomic E-state index is -0.288. The SMILES string of the molecule is COC(=O)CSc1nnc2n3ncnc3c3c4c(sc3n12)CC[C@@H](C)C4. The van der Waals surface area contributed by atoms with Gasteiger partial charge in [0, 0.05) is 4.88 Å². The second-order valence-electron chi connectivity index (χ2n) is 6.51. The average Bonchev–Trinajstić information content (AvgIpc) is 3.34. The van der Waals surface area contributed by atoms with Gasteiger partial charge >= 0.3 is 5.97 Å². The average molecular weight is 388 g/mol. The fraction of sp³-hybridized carbons (Fsp3) is 0.438. The van der Waals surface area contributed by atoms with Gasteiger partial charge in [-0.05, 0) is 30.7 Å². The molecule has 0 unspecified atom stereocenters. The Kier molecular flexibility index (Phi) is 3.64. The maximum atomic E-state index is 11.5. The molecule has 4 heterocycles. The normalized spacial score (nSPS) is 17.2. The first-order valence-corrected chi connectivity index (χ1v) is 10.2. The highest BCUT2D eigenvalue weighted by Crippen LogP contribution is 2.40. The zero-order valence-electron chi connectivity index (χ0n) is 14.3. The summed E-state index contributed by atoms with van der Waals surface area (Å²) < 4.78 is 8.48. The molecule has 8 nitrogen and oxygen atoms in total. The highest BCUT2D eigenvalue weighted by atomic mass is 32.2. The van der Waals surface area contributed by atoms with Crippen LogP contribution in [-0.2, 0) is 22.4 Å². The quantitative estimate of drug-likeness (QED) is 0.393. The Labute approximate surface area is 156 Å². The third-order valence-electron chi connectivity index (χ3n) is 4.82. The van der Waals surface area contributed by atoms with Gasteiger partial charge in [-0.25, -0.2) is 9.38 Å². The van der Waals surface area contributed by atoms with E-state index in [9.17, 15) is 4.79 Å². The van der Waals surface area contributed by atoms with Crippen molar-refractivity contribution in [1.82, 2.24) is 29.2 Å². The molecule has 0 spiro atoms. The van der Waals surface area contributed by atoms with Crippen LogP contribution in [0.5, 0.6) is 0 Å². The van der Waals surface area contributed by atoms with Crippen LogP contribution in [0.1, 0.15) is 23.8 Å². The third kappa shape index (κ3) is 2.25. The van der Waals surface area contributed by atoms with Gasteiger partial charge in [0.1, 0.15) is 11.2 Å². The molecule has 10 heteroatoms. The summed E-state index contributed by atoms with van der Waals surface area (Å²) in [6.45, 7) is 2.29. The van der Waals surface area contributed by atoms with E-state index in [0.29, 0.717) is 16.9 Å². The lowest BCUT2D eigenvalue weighted by atomic mass is 9.89. The molecular formula is C16H16N6O2S2. The molecule has 1 aliphatic rings. The predicted octanol–water partition coefficient (Wildman–Crippen LogP) is 2.38. The Morgan fingerprint density at radius 1 is 1.46 bits per heavy atom. The second kappa shape index (κ2) is 5.92. The van der Waals surface area contributed by atoms with Crippen molar-refractivity contribution in [2.75, 3.05) is 12.9 Å². The number of carbonyl (C=O) groups excluding carboxylic acids is 1. The number of nitrogens with zero attached hydrogens (tertiary/aromatic N) is 6. The Hall–Kier alpha value is -2.20. The number of fused-ring (bicyclic) bond motifs is 8. The van der Waals surface area contributed by atoms with Gasteiger partial charge in [0.05, 0.1) is 18.2 Å². The number of ether oxygens (including phenoxy) is 1. The summed E-state index contributed by atoms with van der Waals surface area (Å²) >= 11 is 3.10. The van der Waals surface area contributed by atoms with Crippen LogP contribution in [0.3, 0.4) is 0 Å². The van der Waals surface area contributed by atoms with E-state index >= 15 is 0 Å². The number of thioether (sulfide) groups is 1. The van der Waals surface area contributed by atoms with E-state index in [4.69, 9.17) is 4.74 Å². The van der Waals surface area contributed by atoms with Crippen LogP contribution < -0.4 is 0 Å². The van der Waals surface area contributed by atoms with Gasteiger partial charge in [0.25, 0.3) is 5.78 Å². The van der Waals surface area contributed by atoms with E-state index in [-0.39, 0.29) is 11.7 Å². The zero-order valence-corrected chi connectivity index (χ0v) is 15.9. The van der Waals surface area contributed by atoms with Gasteiger partial charge in [-0.1, -0.05) is 18.7 Å². The molecule has 26 heavy (non-hydrogen) atoms. The molecule has 134 valence electrons. The van der Waals surface area contributed by atoms with Crippen LogP contribution in [0.2, 0.25) is 0 Å². The van der Waals surface area contributed by atoms with Crippen molar-refractivity contribution in [3.8, 4) is 0 Å². The highest BCUT2D eigenvalue weighted by Gasteiger charge is 2.26. The zero-order chi connectivity index (χ0) is 17.8. The smallest absolute Gasteiger partial charge is 0.316 e. The van der Waals surface area contributed by atoms with Crippen LogP contribution in [0.25, 0.3) is 21.6 Å². The fourth-order valence-corrected chi connectivity index (χ4v) is 5.70. The highest BCUT2D eigenvalue weighted by molar-refractivity contribution is 7.99. The number of aryl methyl sites for hydroxylation is 1. The van der Waals surface area contributed by atoms with E-state index in [1.165, 1.54) is 35.7 Å². The van der Waals surface area contributed by atoms with Crippen LogP contribution >= 0.6 is 23.1 Å². The van der Waals surface area contributed by atoms with Crippen molar-refractivity contribution in [2.45, 2.75) is 31.3 Å². The minimum Gasteiger partial charge on any atom is -0.468 e. The number of aromatic nitrogens is 6. The number of rotatable bonds is 3. The van der Waals surface area contributed by atoms with Crippen molar-refractivity contribution < 1.29 is 9.53 Å². The van der Waals surface area contributed by atoms with Crippen LogP contribution in [0.4, 0.5) is 0 Å². The maximum absolute atomic E-state index is 11.5. The van der Waals surface area contributed by atoms with Crippen LogP contribution in [0, 0.1) is 5.92 Å². The van der Waals surface area contributed by atoms with Crippen molar-refractivity contribution in [1.29, 1.82) is 0 Å². The first-order chi connectivity index (χ1) is 12.7. The molecule has 0 amide bonds. The Morgan fingerprint density at radius 3 is 3.19 bits per heavy atom. The molecule has 0 bridgehead atoms. The Balaban J connectivity index is 1.80. The lowest BCUT2D eigenvalue weighted by Crippen LogP contribution is -2.09. The Morgan fingerprint density at radius 2 is 2.35 bits per heavy atom. The van der Waals surface area contributed by atoms with E-state index in [1.54, 1.807) is 22.2 Å². The van der Waals surface area contributed by atoms with Gasteiger partial charge in [-0.2, -0.15) is 9.61 Å². The van der Waals surface area contributed by atoms with Crippen molar-refractivity contribution in [2.24, 2.45) is 5.92 Å². The molecule has 1 atom stereocenters. The van der Waals surface area contributed by atoms with Crippen molar-refractivity contribution >= 4 is 50.7 Å². The van der Waals surface area contributed by atoms with Crippen LogP contribution in [-0.4, -0.2) is 48.0 Å². The fourth-order valence-electron chi connectivity index (χ4n) is 3.54. The number of hydrogen-bond acceptors (Lipinski definition) is 8. The van der Waals surface area contributed by atoms with E-state index in [0.717, 1.165) is 28.7 Å². The molecule has 1 aliphatic carbocycles. The summed E-state index contributed by atoms with van der Waals surface area (Å²) in [6.07, 6.45) is 4.90. The molecule has 0 fully saturated rings. The van der Waals surface area contributed by atoms with E-state index in [1.807, 2.05) is 4.40 Å². The number of carbonyl (C=O) groups is 1. The summed E-state index contributed by atoms with van der Waals surface area (Å²) in [5, 5.41) is 14.8. The monoisotopic (exact) mass is 388 g/mol. The number of methoxy groups -OCH3 is 1. The molecule has 4 aromatic rings. The maximum Gasteiger partial charge on any atom is 0.316 e. The molecule has 5 rings (SSSR count). The van der Waals surface area contributed by atoms with Gasteiger partial charge in [0.15, 0.2) is 10.8 Å². The van der Waals surface area contributed by atoms with Gasteiger partial charge < -0.3 is 4.74 Å². The topological polar surface area (TPSA) is 86.7 Å². The first-order valence-electron chi connectivity index (χ1n) is 8.38. The van der Waals surface area contributed by atoms with Gasteiger partial charge in [-0.15, -0.1) is 21.5 Å². The van der Waals surface area contributed by atoms with Crippen molar-refractivity contribution in [3.05, 3.63) is 16.8 Å². The summed E-state index contributed by atoms with van der Waals surface area (Å²) in [5.41, 5.74) is 2.21. The summed E-state index contributed by atoms with van der Waals surface area (Å²) in [7, 11) is 1.39. The second-order valence-corrected chi connectivity index (χ2v) is 8.54. The van der Waals surface area contributed by atoms with Crippen LogP contribution in [0.15, 0.2) is 11.5 Å². The standard InChI is InChI=1S/C16H16N6O2S2/c1-8-3-4-10-9(5-8)12-13-17-7-18-22(13)15-19-20-16(21(15)14(12)26-10)25-6-11(23)24-2/h7-8H,3-6H2,1-2H3/t8-/m1/s1. The van der Waals surface area contributed by atoms with E-state index in [2.05, 4.69) is 27.2 Å². The first kappa shape index (κ1) is 16.0. The molecule has 0 saturated carbocycles. The summed E-state index contributed by atoms with van der Waals surface area (Å²) in [5.74, 6) is 1.18. The molecule has 0 N–H and O–H groups in total. The molecule has 0 aromatic carbocycles. The Bertz CT molecular complexity index is 1160. The third-order valence-corrected chi connectivity index (χ3v) is 7.00. The van der Waals surface area contributed by atoms with Gasteiger partial charge in [0.2, 0.25) is 0 Å². The number of thiophene rings is 1. The minimum absolute atomic E-state index is 0.191. The molecular weight excluding hydrogens is 372 g/mol. The number of hydrogen-bond donors (Lipinski definition) is 0. The van der Waals surface area contributed by atoms with Crippen molar-refractivity contribution in [3.63, 3.8) is 0 Å². The largest absolute Gasteiger partial charge is 0.468 e. The van der Waals surface area contributed by atoms with Gasteiger partial charge in [-0.3, -0.25) is 4.79 Å². The van der Waals surface area contributed by atoms with E-state index < -0.39 is 0 Å². The summed E-state index contributed by atoms with van der Waals surface area (Å²) in [4.78, 5) is 18.5. The summed E-state index contributed by atoms with van der Waals surface area (Å²) in [6, 6.07) is 0.